The summed E-state index contributed by atoms with van der Waals surface area (Å²) < 4.78 is 7.38. The second kappa shape index (κ2) is 10.5. The number of hydrogen-bond donors (Lipinski definition) is 1. The monoisotopic (exact) mass is 500 g/mol. The van der Waals surface area contributed by atoms with E-state index >= 15 is 0 Å². The van der Waals surface area contributed by atoms with Crippen LogP contribution >= 0.6 is 11.3 Å². The molecule has 4 aromatic rings. The molecule has 0 aliphatic carbocycles. The van der Waals surface area contributed by atoms with Gasteiger partial charge in [0.25, 0.3) is 5.91 Å². The van der Waals surface area contributed by atoms with Crippen molar-refractivity contribution in [1.29, 1.82) is 0 Å². The van der Waals surface area contributed by atoms with Crippen LogP contribution in [0, 0.1) is 13.8 Å². The van der Waals surface area contributed by atoms with Crippen LogP contribution in [-0.4, -0.2) is 23.1 Å². The Balaban J connectivity index is 1.84. The van der Waals surface area contributed by atoms with Gasteiger partial charge in [0.05, 0.1) is 6.61 Å². The highest BCUT2D eigenvalue weighted by molar-refractivity contribution is 7.17. The van der Waals surface area contributed by atoms with E-state index in [4.69, 9.17) is 4.74 Å². The van der Waals surface area contributed by atoms with Crippen molar-refractivity contribution in [2.24, 2.45) is 0 Å². The summed E-state index contributed by atoms with van der Waals surface area (Å²) in [5.41, 5.74) is 5.77. The molecule has 5 nitrogen and oxygen atoms in total. The topological polar surface area (TPSA) is 60.3 Å². The van der Waals surface area contributed by atoms with E-state index in [1.807, 2.05) is 48.7 Å². The molecule has 4 rings (SSSR count). The Hall–Kier alpha value is -3.64. The molecule has 2 heterocycles. The molecule has 0 spiro atoms. The van der Waals surface area contributed by atoms with E-state index in [9.17, 15) is 9.59 Å². The van der Waals surface area contributed by atoms with Crippen LogP contribution in [0.2, 0.25) is 0 Å². The van der Waals surface area contributed by atoms with E-state index < -0.39 is 5.97 Å². The Morgan fingerprint density at radius 1 is 1.14 bits per heavy atom. The molecule has 0 aliphatic rings. The van der Waals surface area contributed by atoms with Crippen molar-refractivity contribution in [2.75, 3.05) is 11.9 Å². The van der Waals surface area contributed by atoms with Crippen molar-refractivity contribution in [2.45, 2.75) is 47.1 Å². The second-order valence-corrected chi connectivity index (χ2v) is 10.3. The highest BCUT2D eigenvalue weighted by atomic mass is 32.1. The molecule has 0 fully saturated rings. The number of carbonyl (C=O) groups excluding carboxylic acids is 2. The fourth-order valence-electron chi connectivity index (χ4n) is 4.66. The Morgan fingerprint density at radius 3 is 2.50 bits per heavy atom. The minimum absolute atomic E-state index is 0.250. The number of aromatic nitrogens is 1. The molecular formula is C30H32N2O3S. The van der Waals surface area contributed by atoms with Crippen molar-refractivity contribution in [1.82, 2.24) is 4.57 Å². The fourth-order valence-corrected chi connectivity index (χ4v) is 5.72. The first-order valence-electron chi connectivity index (χ1n) is 12.2. The lowest BCUT2D eigenvalue weighted by Crippen LogP contribution is -2.19. The first kappa shape index (κ1) is 25.5. The van der Waals surface area contributed by atoms with Gasteiger partial charge in [0.1, 0.15) is 16.3 Å². The second-order valence-electron chi connectivity index (χ2n) is 9.08. The molecule has 0 saturated heterocycles. The maximum Gasteiger partial charge on any atom is 0.341 e. The van der Waals surface area contributed by atoms with Gasteiger partial charge in [-0.3, -0.25) is 4.79 Å². The minimum atomic E-state index is -0.444. The van der Waals surface area contributed by atoms with E-state index in [-0.39, 0.29) is 12.5 Å². The summed E-state index contributed by atoms with van der Waals surface area (Å²) in [6.07, 6.45) is 1.79. The molecule has 0 bridgehead atoms. The van der Waals surface area contributed by atoms with Gasteiger partial charge in [-0.15, -0.1) is 17.9 Å². The van der Waals surface area contributed by atoms with Crippen molar-refractivity contribution < 1.29 is 14.3 Å². The summed E-state index contributed by atoms with van der Waals surface area (Å²) in [5.74, 6) is -0.324. The lowest BCUT2D eigenvalue weighted by molar-refractivity contribution is 0.0529. The smallest absolute Gasteiger partial charge is 0.341 e. The Labute approximate surface area is 216 Å². The van der Waals surface area contributed by atoms with E-state index in [0.29, 0.717) is 28.7 Å². The maximum absolute atomic E-state index is 13.8. The molecular weight excluding hydrogens is 468 g/mol. The fraction of sp³-hybridized carbons (Fsp3) is 0.267. The van der Waals surface area contributed by atoms with E-state index in [1.165, 1.54) is 16.9 Å². The predicted molar refractivity (Wildman–Crippen MR) is 149 cm³/mol. The number of esters is 1. The lowest BCUT2D eigenvalue weighted by atomic mass is 10.0. The number of rotatable bonds is 8. The van der Waals surface area contributed by atoms with Crippen LogP contribution in [0.4, 0.5) is 5.00 Å². The van der Waals surface area contributed by atoms with Gasteiger partial charge < -0.3 is 14.6 Å². The third-order valence-corrected chi connectivity index (χ3v) is 7.41. The summed E-state index contributed by atoms with van der Waals surface area (Å²) >= 11 is 1.39. The number of amides is 1. The van der Waals surface area contributed by atoms with Crippen LogP contribution in [0.3, 0.4) is 0 Å². The van der Waals surface area contributed by atoms with Crippen LogP contribution < -0.4 is 5.32 Å². The molecule has 186 valence electrons. The van der Waals surface area contributed by atoms with Gasteiger partial charge in [0.2, 0.25) is 0 Å². The maximum atomic E-state index is 13.8. The largest absolute Gasteiger partial charge is 0.462 e. The first-order valence-corrected chi connectivity index (χ1v) is 13.0. The summed E-state index contributed by atoms with van der Waals surface area (Å²) in [7, 11) is 0. The quantitative estimate of drug-likeness (QED) is 0.199. The number of fused-ring (bicyclic) bond motifs is 1. The van der Waals surface area contributed by atoms with Gasteiger partial charge in [-0.05, 0) is 55.5 Å². The van der Waals surface area contributed by atoms with Gasteiger partial charge in [-0.1, -0.05) is 56.3 Å². The standard InChI is InChI=1S/C30H32N2O3S/c1-7-16-32-24-15-14-22(18(3)4)17-23(24)19(5)27(32)28(33)31-29-26(30(34)35-8-2)25(20(6)36-29)21-12-10-9-11-13-21/h7,9-15,17-18H,1,8,16H2,2-6H3,(H,31,33). The molecule has 36 heavy (non-hydrogen) atoms. The highest BCUT2D eigenvalue weighted by Gasteiger charge is 2.27. The average Bonchev–Trinajstić information content (AvgIpc) is 3.33. The first-order chi connectivity index (χ1) is 17.3. The third-order valence-electron chi connectivity index (χ3n) is 6.39. The number of nitrogens with one attached hydrogen (secondary N) is 1. The number of thiophene rings is 1. The summed E-state index contributed by atoms with van der Waals surface area (Å²) in [4.78, 5) is 27.8. The van der Waals surface area contributed by atoms with Crippen LogP contribution in [0.1, 0.15) is 63.5 Å². The van der Waals surface area contributed by atoms with E-state index in [2.05, 4.69) is 43.9 Å². The van der Waals surface area contributed by atoms with Crippen molar-refractivity contribution in [3.05, 3.63) is 88.4 Å². The number of nitrogens with zero attached hydrogens (tertiary/aromatic N) is 1. The van der Waals surface area contributed by atoms with Crippen molar-refractivity contribution in [3.63, 3.8) is 0 Å². The van der Waals surface area contributed by atoms with Gasteiger partial charge in [0.15, 0.2) is 0 Å². The highest BCUT2D eigenvalue weighted by Crippen LogP contribution is 2.41. The molecule has 1 amide bonds. The van der Waals surface area contributed by atoms with Gasteiger partial charge in [0, 0.05) is 27.9 Å². The summed E-state index contributed by atoms with van der Waals surface area (Å²) in [6, 6.07) is 16.1. The molecule has 0 unspecified atom stereocenters. The predicted octanol–water partition coefficient (Wildman–Crippen LogP) is 7.73. The number of aryl methyl sites for hydroxylation is 2. The molecule has 0 radical (unpaired) electrons. The number of benzene rings is 2. The zero-order valence-corrected chi connectivity index (χ0v) is 22.3. The van der Waals surface area contributed by atoms with Crippen LogP contribution in [-0.2, 0) is 11.3 Å². The average molecular weight is 501 g/mol. The third kappa shape index (κ3) is 4.61. The molecule has 0 atom stereocenters. The number of carbonyl (C=O) groups is 2. The Kier molecular flexibility index (Phi) is 7.45. The minimum Gasteiger partial charge on any atom is -0.462 e. The summed E-state index contributed by atoms with van der Waals surface area (Å²) in [6.45, 7) is 14.7. The van der Waals surface area contributed by atoms with Crippen LogP contribution in [0.5, 0.6) is 0 Å². The zero-order valence-electron chi connectivity index (χ0n) is 21.5. The van der Waals surface area contributed by atoms with Crippen molar-refractivity contribution in [3.8, 4) is 11.1 Å². The number of anilines is 1. The van der Waals surface area contributed by atoms with Crippen LogP contribution in [0.25, 0.3) is 22.0 Å². The van der Waals surface area contributed by atoms with E-state index in [0.717, 1.165) is 32.5 Å². The molecule has 1 N–H and O–H groups in total. The molecule has 0 saturated carbocycles. The summed E-state index contributed by atoms with van der Waals surface area (Å²) in [5, 5.41) is 4.60. The van der Waals surface area contributed by atoms with Gasteiger partial charge in [-0.2, -0.15) is 0 Å². The Bertz CT molecular complexity index is 1440. The van der Waals surface area contributed by atoms with Crippen LogP contribution in [0.15, 0.2) is 61.2 Å². The molecule has 2 aromatic heterocycles. The number of hydrogen-bond acceptors (Lipinski definition) is 4. The molecule has 2 aromatic carbocycles. The normalized spacial score (nSPS) is 11.2. The molecule has 6 heteroatoms. The number of ether oxygens (including phenoxy) is 1. The van der Waals surface area contributed by atoms with E-state index in [1.54, 1.807) is 13.0 Å². The number of allylic oxidation sites excluding steroid dienone is 1. The Morgan fingerprint density at radius 2 is 1.86 bits per heavy atom. The van der Waals surface area contributed by atoms with Crippen molar-refractivity contribution >= 4 is 39.1 Å². The zero-order chi connectivity index (χ0) is 26.0. The lowest BCUT2D eigenvalue weighted by Gasteiger charge is -2.11. The molecule has 0 aliphatic heterocycles. The van der Waals surface area contributed by atoms with Gasteiger partial charge in [-0.25, -0.2) is 4.79 Å². The van der Waals surface area contributed by atoms with Gasteiger partial charge >= 0.3 is 5.97 Å². The SMILES string of the molecule is C=CCn1c(C(=O)Nc2sc(C)c(-c3ccccc3)c2C(=O)OCC)c(C)c2cc(C(C)C)ccc21.